The maximum atomic E-state index is 12.9. The lowest BCUT2D eigenvalue weighted by Crippen LogP contribution is -2.35. The molecule has 0 spiro atoms. The van der Waals surface area contributed by atoms with Gasteiger partial charge in [-0.05, 0) is 44.1 Å². The Kier molecular flexibility index (Phi) is 8.61. The molecule has 28 heavy (non-hydrogen) atoms. The van der Waals surface area contributed by atoms with Gasteiger partial charge in [0.25, 0.3) is 5.91 Å². The van der Waals surface area contributed by atoms with Gasteiger partial charge in [0.1, 0.15) is 0 Å². The molecule has 8 heteroatoms. The fourth-order valence-electron chi connectivity index (χ4n) is 2.86. The van der Waals surface area contributed by atoms with Crippen LogP contribution >= 0.6 is 12.2 Å². The molecule has 1 fully saturated rings. The molecule has 0 radical (unpaired) electrons. The number of hydrogen-bond donors (Lipinski definition) is 2. The lowest BCUT2D eigenvalue weighted by atomic mass is 10.1. The van der Waals surface area contributed by atoms with E-state index in [1.54, 1.807) is 31.2 Å². The van der Waals surface area contributed by atoms with Crippen molar-refractivity contribution in [2.75, 3.05) is 25.0 Å². The second-order valence-electron chi connectivity index (χ2n) is 6.28. The molecule has 2 N–H and O–H groups in total. The molecule has 1 aromatic carbocycles. The second kappa shape index (κ2) is 11.2. The maximum absolute atomic E-state index is 12.9. The molecule has 0 unspecified atom stereocenters. The molecule has 1 aliphatic rings. The molecule has 0 bridgehead atoms. The van der Waals surface area contributed by atoms with Gasteiger partial charge in [0.2, 0.25) is 5.91 Å². The first-order valence-corrected chi connectivity index (χ1v) is 9.77. The third-order valence-corrected chi connectivity index (χ3v) is 4.40. The van der Waals surface area contributed by atoms with Gasteiger partial charge in [0.05, 0.1) is 17.9 Å². The summed E-state index contributed by atoms with van der Waals surface area (Å²) >= 11 is 5.15. The minimum atomic E-state index is -0.607. The molecule has 1 aliphatic heterocycles. The number of ether oxygens (including phenoxy) is 1. The average Bonchev–Trinajstić information content (AvgIpc) is 2.96. The van der Waals surface area contributed by atoms with E-state index in [2.05, 4.69) is 10.6 Å². The van der Waals surface area contributed by atoms with Gasteiger partial charge in [-0.2, -0.15) is 0 Å². The number of rotatable bonds is 5. The van der Waals surface area contributed by atoms with Crippen molar-refractivity contribution >= 4 is 40.8 Å². The third-order valence-electron chi connectivity index (χ3n) is 4.19. The van der Waals surface area contributed by atoms with Crippen molar-refractivity contribution < 1.29 is 19.1 Å². The first-order chi connectivity index (χ1) is 13.5. The van der Waals surface area contributed by atoms with Crippen LogP contribution in [0.15, 0.2) is 36.4 Å². The van der Waals surface area contributed by atoms with Gasteiger partial charge in [0.15, 0.2) is 5.11 Å². The summed E-state index contributed by atoms with van der Waals surface area (Å²) in [4.78, 5) is 37.9. The van der Waals surface area contributed by atoms with E-state index in [0.717, 1.165) is 50.9 Å². The molecule has 7 nitrogen and oxygen atoms in total. The van der Waals surface area contributed by atoms with Crippen molar-refractivity contribution in [3.8, 4) is 0 Å². The Morgan fingerprint density at radius 2 is 1.79 bits per heavy atom. The van der Waals surface area contributed by atoms with Crippen LogP contribution in [-0.2, 0) is 14.3 Å². The average molecular weight is 404 g/mol. The van der Waals surface area contributed by atoms with Gasteiger partial charge in [-0.3, -0.25) is 14.9 Å². The van der Waals surface area contributed by atoms with Crippen LogP contribution in [0.5, 0.6) is 0 Å². The number of benzene rings is 1. The Morgan fingerprint density at radius 3 is 2.46 bits per heavy atom. The molecule has 1 saturated heterocycles. The lowest BCUT2D eigenvalue weighted by Gasteiger charge is -2.22. The summed E-state index contributed by atoms with van der Waals surface area (Å²) in [7, 11) is 0. The molecule has 2 amide bonds. The monoisotopic (exact) mass is 403 g/mol. The second-order valence-corrected chi connectivity index (χ2v) is 6.69. The Morgan fingerprint density at radius 1 is 1.11 bits per heavy atom. The molecular weight excluding hydrogens is 378 g/mol. The Hall–Kier alpha value is -2.74. The van der Waals surface area contributed by atoms with E-state index in [1.807, 2.05) is 4.90 Å². The highest BCUT2D eigenvalue weighted by Gasteiger charge is 2.20. The van der Waals surface area contributed by atoms with Gasteiger partial charge >= 0.3 is 5.97 Å². The molecule has 1 heterocycles. The third kappa shape index (κ3) is 6.77. The van der Waals surface area contributed by atoms with Crippen molar-refractivity contribution in [1.82, 2.24) is 10.2 Å². The summed E-state index contributed by atoms with van der Waals surface area (Å²) in [5.41, 5.74) is 1.03. The normalized spacial score (nSPS) is 14.2. The lowest BCUT2D eigenvalue weighted by molar-refractivity contribution is -0.137. The maximum Gasteiger partial charge on any atom is 0.330 e. The summed E-state index contributed by atoms with van der Waals surface area (Å²) in [5, 5.41) is 5.37. The minimum absolute atomic E-state index is 0.0367. The van der Waals surface area contributed by atoms with Crippen LogP contribution in [0.25, 0.3) is 0 Å². The quantitative estimate of drug-likeness (QED) is 0.446. The number of anilines is 1. The number of carbonyl (C=O) groups excluding carboxylic acids is 3. The van der Waals surface area contributed by atoms with E-state index >= 15 is 0 Å². The topological polar surface area (TPSA) is 87.7 Å². The Bertz CT molecular complexity index is 756. The number of nitrogens with zero attached hydrogens (tertiary/aromatic N) is 1. The van der Waals surface area contributed by atoms with E-state index in [0.29, 0.717) is 11.3 Å². The van der Waals surface area contributed by atoms with Gasteiger partial charge < -0.3 is 15.0 Å². The van der Waals surface area contributed by atoms with Crippen molar-refractivity contribution in [3.05, 3.63) is 42.0 Å². The number of carbonyl (C=O) groups is 3. The predicted octanol–water partition coefficient (Wildman–Crippen LogP) is 2.64. The number of hydrogen-bond acceptors (Lipinski definition) is 5. The number of amides is 2. The number of nitrogens with one attached hydrogen (secondary N) is 2. The van der Waals surface area contributed by atoms with Gasteiger partial charge in [0, 0.05) is 25.2 Å². The van der Waals surface area contributed by atoms with Crippen LogP contribution in [0.2, 0.25) is 0 Å². The van der Waals surface area contributed by atoms with Crippen molar-refractivity contribution in [1.29, 1.82) is 0 Å². The molecule has 0 saturated carbocycles. The zero-order chi connectivity index (χ0) is 20.4. The zero-order valence-electron chi connectivity index (χ0n) is 15.9. The molecular formula is C20H25N3O4S. The highest BCUT2D eigenvalue weighted by molar-refractivity contribution is 7.80. The summed E-state index contributed by atoms with van der Waals surface area (Å²) in [6, 6.07) is 7.05. The molecule has 0 atom stereocenters. The molecule has 0 aliphatic carbocycles. The SMILES string of the molecule is CCOC(=O)C=CC(=O)NC(=S)Nc1ccccc1C(=O)N1CCCCCC1. The fraction of sp³-hybridized carbons (Fsp3) is 0.400. The van der Waals surface area contributed by atoms with Crippen LogP contribution in [0, 0.1) is 0 Å². The number of para-hydroxylation sites is 1. The van der Waals surface area contributed by atoms with Crippen LogP contribution in [0.3, 0.4) is 0 Å². The van der Waals surface area contributed by atoms with E-state index in [-0.39, 0.29) is 17.6 Å². The summed E-state index contributed by atoms with van der Waals surface area (Å²) in [6.45, 7) is 3.39. The summed E-state index contributed by atoms with van der Waals surface area (Å²) in [6.07, 6.45) is 6.35. The smallest absolute Gasteiger partial charge is 0.330 e. The van der Waals surface area contributed by atoms with E-state index < -0.39 is 11.9 Å². The van der Waals surface area contributed by atoms with E-state index in [4.69, 9.17) is 17.0 Å². The molecule has 0 aromatic heterocycles. The van der Waals surface area contributed by atoms with E-state index in [9.17, 15) is 14.4 Å². The molecule has 1 aromatic rings. The highest BCUT2D eigenvalue weighted by Crippen LogP contribution is 2.19. The van der Waals surface area contributed by atoms with E-state index in [1.165, 1.54) is 0 Å². The first-order valence-electron chi connectivity index (χ1n) is 9.36. The first kappa shape index (κ1) is 21.6. The van der Waals surface area contributed by atoms with Crippen LogP contribution in [0.4, 0.5) is 5.69 Å². The van der Waals surface area contributed by atoms with Crippen molar-refractivity contribution in [3.63, 3.8) is 0 Å². The fourth-order valence-corrected chi connectivity index (χ4v) is 3.07. The molecule has 2 rings (SSSR count). The zero-order valence-corrected chi connectivity index (χ0v) is 16.7. The predicted molar refractivity (Wildman–Crippen MR) is 111 cm³/mol. The number of likely N-dealkylation sites (tertiary alicyclic amines) is 1. The van der Waals surface area contributed by atoms with Crippen molar-refractivity contribution in [2.45, 2.75) is 32.6 Å². The van der Waals surface area contributed by atoms with Crippen LogP contribution in [0.1, 0.15) is 43.0 Å². The largest absolute Gasteiger partial charge is 0.463 e. The minimum Gasteiger partial charge on any atom is -0.463 e. The standard InChI is InChI=1S/C20H25N3O4S/c1-2-27-18(25)12-11-17(24)22-20(28)21-16-10-6-5-9-15(16)19(26)23-13-7-3-4-8-14-23/h5-6,9-12H,2-4,7-8,13-14H2,1H3,(H2,21,22,24,28). The van der Waals surface area contributed by atoms with Crippen molar-refractivity contribution in [2.24, 2.45) is 0 Å². The van der Waals surface area contributed by atoms with Crippen LogP contribution < -0.4 is 10.6 Å². The van der Waals surface area contributed by atoms with Crippen LogP contribution in [-0.4, -0.2) is 47.5 Å². The van der Waals surface area contributed by atoms with Gasteiger partial charge in [-0.25, -0.2) is 4.79 Å². The van der Waals surface area contributed by atoms with Gasteiger partial charge in [-0.15, -0.1) is 0 Å². The number of thiocarbonyl (C=S) groups is 1. The summed E-state index contributed by atoms with van der Waals surface area (Å²) < 4.78 is 4.71. The molecule has 150 valence electrons. The summed E-state index contributed by atoms with van der Waals surface area (Å²) in [5.74, 6) is -1.23. The Balaban J connectivity index is 2.00. The highest BCUT2D eigenvalue weighted by atomic mass is 32.1. The Labute approximate surface area is 170 Å². The number of esters is 1. The van der Waals surface area contributed by atoms with Gasteiger partial charge in [-0.1, -0.05) is 25.0 Å².